The molecule has 3 heteroatoms. The maximum absolute atomic E-state index is 6.01. The van der Waals surface area contributed by atoms with Crippen LogP contribution in [-0.2, 0) is 4.52 Å². The number of hydrogen-bond donors (Lipinski definition) is 0. The lowest BCUT2D eigenvalue weighted by Crippen LogP contribution is -2.18. The van der Waals surface area contributed by atoms with Crippen LogP contribution in [0.5, 0.6) is 0 Å². The van der Waals surface area contributed by atoms with Crippen molar-refractivity contribution in [3.63, 3.8) is 0 Å². The van der Waals surface area contributed by atoms with Gasteiger partial charge in [0.05, 0.1) is 12.6 Å². The number of hydrogen-bond acceptors (Lipinski definition) is 2. The fraction of sp³-hybridized carbons (Fsp3) is 0.200. The van der Waals surface area contributed by atoms with Gasteiger partial charge in [0.25, 0.3) is 0 Å². The average Bonchev–Trinajstić information content (AvgIpc) is 2.83. The minimum absolute atomic E-state index is 0.373. The Kier molecular flexibility index (Phi) is 3.42. The third kappa shape index (κ3) is 2.20. The Bertz CT molecular complexity index is 455. The summed E-state index contributed by atoms with van der Waals surface area (Å²) in [5.41, 5.74) is 1.33. The average molecular weight is 257 g/mol. The molecule has 1 aliphatic heterocycles. The predicted molar refractivity (Wildman–Crippen MR) is 75.9 cm³/mol. The SMILES string of the molecule is CN1[C@H](c2ccccc2)COP1c1ccccc1. The molecule has 0 radical (unpaired) electrons. The molecule has 0 aliphatic carbocycles. The molecule has 1 fully saturated rings. The normalized spacial score (nSPS) is 24.3. The van der Waals surface area contributed by atoms with Gasteiger partial charge in [0.1, 0.15) is 8.30 Å². The summed E-state index contributed by atoms with van der Waals surface area (Å²) < 4.78 is 8.37. The second kappa shape index (κ2) is 5.19. The molecule has 2 aromatic carbocycles. The van der Waals surface area contributed by atoms with E-state index in [1.807, 2.05) is 6.07 Å². The zero-order chi connectivity index (χ0) is 12.4. The minimum Gasteiger partial charge on any atom is -0.338 e. The predicted octanol–water partition coefficient (Wildman–Crippen LogP) is 3.33. The second-order valence-corrected chi connectivity index (χ2v) is 6.36. The highest BCUT2D eigenvalue weighted by molar-refractivity contribution is 7.58. The molecule has 0 N–H and O–H groups in total. The van der Waals surface area contributed by atoms with Crippen molar-refractivity contribution in [2.75, 3.05) is 13.7 Å². The zero-order valence-electron chi connectivity index (χ0n) is 10.4. The second-order valence-electron chi connectivity index (χ2n) is 4.40. The molecule has 0 amide bonds. The lowest BCUT2D eigenvalue weighted by atomic mass is 10.1. The molecule has 0 aromatic heterocycles. The van der Waals surface area contributed by atoms with Gasteiger partial charge in [0.2, 0.25) is 0 Å². The van der Waals surface area contributed by atoms with Gasteiger partial charge in [0.15, 0.2) is 0 Å². The van der Waals surface area contributed by atoms with Crippen molar-refractivity contribution in [3.05, 3.63) is 66.2 Å². The van der Waals surface area contributed by atoms with Crippen LogP contribution in [0.2, 0.25) is 0 Å². The largest absolute Gasteiger partial charge is 0.338 e. The van der Waals surface area contributed by atoms with Gasteiger partial charge in [-0.15, -0.1) is 0 Å². The summed E-state index contributed by atoms with van der Waals surface area (Å²) in [7, 11) is 1.53. The van der Waals surface area contributed by atoms with Gasteiger partial charge in [-0.3, -0.25) is 0 Å². The summed E-state index contributed by atoms with van der Waals surface area (Å²) in [6, 6.07) is 21.4. The van der Waals surface area contributed by atoms with Gasteiger partial charge < -0.3 is 4.52 Å². The van der Waals surface area contributed by atoms with E-state index >= 15 is 0 Å². The molecule has 18 heavy (non-hydrogen) atoms. The van der Waals surface area contributed by atoms with Crippen molar-refractivity contribution in [2.24, 2.45) is 0 Å². The van der Waals surface area contributed by atoms with E-state index in [2.05, 4.69) is 66.3 Å². The third-order valence-corrected chi connectivity index (χ3v) is 5.24. The van der Waals surface area contributed by atoms with Crippen LogP contribution in [-0.4, -0.2) is 18.3 Å². The van der Waals surface area contributed by atoms with Crippen molar-refractivity contribution in [1.82, 2.24) is 4.67 Å². The maximum atomic E-state index is 6.01. The highest BCUT2D eigenvalue weighted by Crippen LogP contribution is 2.51. The van der Waals surface area contributed by atoms with Crippen LogP contribution in [0.3, 0.4) is 0 Å². The van der Waals surface area contributed by atoms with E-state index in [0.717, 1.165) is 6.61 Å². The Labute approximate surface area is 109 Å². The highest BCUT2D eigenvalue weighted by Gasteiger charge is 2.33. The van der Waals surface area contributed by atoms with Gasteiger partial charge in [-0.05, 0) is 12.6 Å². The lowest BCUT2D eigenvalue weighted by molar-refractivity contribution is 0.335. The first kappa shape index (κ1) is 11.9. The quantitative estimate of drug-likeness (QED) is 0.765. The topological polar surface area (TPSA) is 12.5 Å². The first-order chi connectivity index (χ1) is 8.86. The number of rotatable bonds is 2. The van der Waals surface area contributed by atoms with Crippen LogP contribution in [0, 0.1) is 0 Å². The molecule has 3 rings (SSSR count). The molecule has 1 aliphatic rings. The van der Waals surface area contributed by atoms with Gasteiger partial charge in [-0.2, -0.15) is 0 Å². The number of benzene rings is 2. The van der Waals surface area contributed by atoms with Crippen molar-refractivity contribution in [2.45, 2.75) is 6.04 Å². The van der Waals surface area contributed by atoms with Crippen LogP contribution in [0.15, 0.2) is 60.7 Å². The molecule has 2 atom stereocenters. The Hall–Kier alpha value is -1.21. The van der Waals surface area contributed by atoms with Gasteiger partial charge >= 0.3 is 0 Å². The summed E-state index contributed by atoms with van der Waals surface area (Å²) >= 11 is 0. The summed E-state index contributed by atoms with van der Waals surface area (Å²) in [4.78, 5) is 0. The molecular weight excluding hydrogens is 241 g/mol. The minimum atomic E-state index is -0.631. The van der Waals surface area contributed by atoms with E-state index in [9.17, 15) is 0 Å². The highest BCUT2D eigenvalue weighted by atomic mass is 31.2. The molecule has 1 unspecified atom stereocenters. The summed E-state index contributed by atoms with van der Waals surface area (Å²) in [5.74, 6) is 0. The van der Waals surface area contributed by atoms with E-state index in [1.165, 1.54) is 10.9 Å². The van der Waals surface area contributed by atoms with Gasteiger partial charge in [0, 0.05) is 5.30 Å². The van der Waals surface area contributed by atoms with E-state index < -0.39 is 8.30 Å². The van der Waals surface area contributed by atoms with E-state index in [1.54, 1.807) is 0 Å². The Balaban J connectivity index is 1.83. The monoisotopic (exact) mass is 257 g/mol. The fourth-order valence-electron chi connectivity index (χ4n) is 2.27. The van der Waals surface area contributed by atoms with Crippen LogP contribution in [0.4, 0.5) is 0 Å². The number of likely N-dealkylation sites (N-methyl/N-ethyl adjacent to an activating group) is 1. The first-order valence-corrected chi connectivity index (χ1v) is 7.33. The van der Waals surface area contributed by atoms with E-state index in [4.69, 9.17) is 4.52 Å². The standard InChI is InChI=1S/C15H16NOP/c1-16-15(13-8-4-2-5-9-13)12-17-18(16)14-10-6-3-7-11-14/h2-11,15H,12H2,1H3/t15-,18?/m0/s1. The zero-order valence-corrected chi connectivity index (χ0v) is 11.3. The van der Waals surface area contributed by atoms with Crippen LogP contribution >= 0.6 is 8.30 Å². The molecule has 92 valence electrons. The van der Waals surface area contributed by atoms with Crippen molar-refractivity contribution >= 4 is 13.6 Å². The molecule has 1 heterocycles. The van der Waals surface area contributed by atoms with Crippen molar-refractivity contribution in [1.29, 1.82) is 0 Å². The Morgan fingerprint density at radius 3 is 2.28 bits per heavy atom. The smallest absolute Gasteiger partial charge is 0.138 e. The number of nitrogens with zero attached hydrogens (tertiary/aromatic N) is 1. The molecule has 0 bridgehead atoms. The molecule has 2 nitrogen and oxygen atoms in total. The summed E-state index contributed by atoms with van der Waals surface area (Å²) in [6.07, 6.45) is 0. The third-order valence-electron chi connectivity index (χ3n) is 3.25. The van der Waals surface area contributed by atoms with Crippen LogP contribution in [0.1, 0.15) is 11.6 Å². The molecule has 0 spiro atoms. The van der Waals surface area contributed by atoms with Crippen molar-refractivity contribution in [3.8, 4) is 0 Å². The van der Waals surface area contributed by atoms with E-state index in [0.29, 0.717) is 6.04 Å². The van der Waals surface area contributed by atoms with E-state index in [-0.39, 0.29) is 0 Å². The lowest BCUT2D eigenvalue weighted by Gasteiger charge is -2.22. The Morgan fingerprint density at radius 1 is 1.00 bits per heavy atom. The Morgan fingerprint density at radius 2 is 1.61 bits per heavy atom. The molecule has 0 saturated carbocycles. The summed E-state index contributed by atoms with van der Waals surface area (Å²) in [5, 5.41) is 1.29. The molecule has 1 saturated heterocycles. The van der Waals surface area contributed by atoms with Crippen LogP contribution in [0.25, 0.3) is 0 Å². The summed E-state index contributed by atoms with van der Waals surface area (Å²) in [6.45, 7) is 0.779. The van der Waals surface area contributed by atoms with Crippen LogP contribution < -0.4 is 5.30 Å². The molecular formula is C15H16NOP. The fourth-order valence-corrected chi connectivity index (χ4v) is 4.12. The van der Waals surface area contributed by atoms with Gasteiger partial charge in [-0.1, -0.05) is 60.7 Å². The first-order valence-electron chi connectivity index (χ1n) is 6.12. The van der Waals surface area contributed by atoms with Crippen molar-refractivity contribution < 1.29 is 4.52 Å². The van der Waals surface area contributed by atoms with Gasteiger partial charge in [-0.25, -0.2) is 4.67 Å². The molecule has 2 aromatic rings. The maximum Gasteiger partial charge on any atom is 0.138 e.